The second-order valence-electron chi connectivity index (χ2n) is 6.82. The van der Waals surface area contributed by atoms with Gasteiger partial charge in [0.05, 0.1) is 16.4 Å². The zero-order chi connectivity index (χ0) is 19.8. The van der Waals surface area contributed by atoms with Crippen molar-refractivity contribution in [2.75, 3.05) is 11.9 Å². The van der Waals surface area contributed by atoms with E-state index in [2.05, 4.69) is 32.2 Å². The van der Waals surface area contributed by atoms with Crippen LogP contribution in [0.3, 0.4) is 0 Å². The Morgan fingerprint density at radius 3 is 2.72 bits per heavy atom. The van der Waals surface area contributed by atoms with Crippen LogP contribution in [0.1, 0.15) is 10.7 Å². The Labute approximate surface area is 176 Å². The van der Waals surface area contributed by atoms with E-state index < -0.39 is 0 Å². The van der Waals surface area contributed by atoms with Gasteiger partial charge in [-0.2, -0.15) is 0 Å². The molecule has 0 radical (unpaired) electrons. The number of hydrogen-bond acceptors (Lipinski definition) is 5. The molecule has 5 nitrogen and oxygen atoms in total. The molecule has 5 aromatic rings. The maximum atomic E-state index is 6.08. The number of nitrogens with zero attached hydrogens (tertiary/aromatic N) is 3. The van der Waals surface area contributed by atoms with Crippen LogP contribution in [-0.4, -0.2) is 26.5 Å². The number of aromatic amines is 1. The molecule has 0 aliphatic heterocycles. The Morgan fingerprint density at radius 1 is 1.07 bits per heavy atom. The number of anilines is 1. The quantitative estimate of drug-likeness (QED) is 0.375. The summed E-state index contributed by atoms with van der Waals surface area (Å²) in [5.74, 6) is 1.81. The molecular formula is C22H18ClN5S. The highest BCUT2D eigenvalue weighted by molar-refractivity contribution is 7.19. The first-order valence-corrected chi connectivity index (χ1v) is 10.6. The summed E-state index contributed by atoms with van der Waals surface area (Å²) in [6.45, 7) is 2.84. The molecule has 0 spiro atoms. The summed E-state index contributed by atoms with van der Waals surface area (Å²) in [7, 11) is 0. The van der Waals surface area contributed by atoms with E-state index in [1.807, 2.05) is 48.5 Å². The minimum absolute atomic E-state index is 0.723. The first kappa shape index (κ1) is 18.1. The van der Waals surface area contributed by atoms with Crippen molar-refractivity contribution < 1.29 is 0 Å². The second-order valence-corrected chi connectivity index (χ2v) is 8.46. The molecule has 0 aliphatic carbocycles. The van der Waals surface area contributed by atoms with Crippen LogP contribution >= 0.6 is 22.9 Å². The Bertz CT molecular complexity index is 1270. The minimum Gasteiger partial charge on any atom is -0.369 e. The largest absolute Gasteiger partial charge is 0.369 e. The van der Waals surface area contributed by atoms with Crippen molar-refractivity contribution in [1.82, 2.24) is 19.9 Å². The van der Waals surface area contributed by atoms with Gasteiger partial charge in [0.15, 0.2) is 0 Å². The fraction of sp³-hybridized carbons (Fsp3) is 0.136. The number of halogens is 1. The highest BCUT2D eigenvalue weighted by Gasteiger charge is 2.16. The van der Waals surface area contributed by atoms with Crippen LogP contribution in [0.4, 0.5) is 5.82 Å². The predicted molar refractivity (Wildman–Crippen MR) is 121 cm³/mol. The molecule has 0 amide bonds. The van der Waals surface area contributed by atoms with Gasteiger partial charge >= 0.3 is 0 Å². The van der Waals surface area contributed by atoms with Gasteiger partial charge in [-0.3, -0.25) is 0 Å². The lowest BCUT2D eigenvalue weighted by molar-refractivity contribution is 0.929. The molecule has 5 rings (SSSR count). The number of aryl methyl sites for hydroxylation is 1. The summed E-state index contributed by atoms with van der Waals surface area (Å²) in [5, 5.41) is 5.27. The predicted octanol–water partition coefficient (Wildman–Crippen LogP) is 5.85. The molecule has 3 heterocycles. The topological polar surface area (TPSA) is 66.5 Å². The first-order chi connectivity index (χ1) is 14.2. The van der Waals surface area contributed by atoms with Gasteiger partial charge in [0.25, 0.3) is 0 Å². The Balaban J connectivity index is 1.44. The van der Waals surface area contributed by atoms with Crippen LogP contribution in [0.2, 0.25) is 5.02 Å². The number of rotatable bonds is 5. The molecule has 0 bridgehead atoms. The molecule has 0 atom stereocenters. The number of para-hydroxylation sites is 2. The summed E-state index contributed by atoms with van der Waals surface area (Å²) < 4.78 is 0. The van der Waals surface area contributed by atoms with Gasteiger partial charge in [0.2, 0.25) is 0 Å². The number of thiophene rings is 1. The molecule has 0 aliphatic rings. The van der Waals surface area contributed by atoms with E-state index in [0.717, 1.165) is 62.0 Å². The van der Waals surface area contributed by atoms with E-state index >= 15 is 0 Å². The Hall–Kier alpha value is -2.96. The van der Waals surface area contributed by atoms with Crippen molar-refractivity contribution >= 4 is 50.0 Å². The fourth-order valence-electron chi connectivity index (χ4n) is 3.57. The smallest absolute Gasteiger partial charge is 0.138 e. The number of benzene rings is 2. The maximum absolute atomic E-state index is 6.08. The van der Waals surface area contributed by atoms with Gasteiger partial charge in [-0.25, -0.2) is 15.0 Å². The molecule has 0 unspecified atom stereocenters. The standard InChI is InChI=1S/C22H18ClN5S/c1-13-19(14-6-8-15(23)9-7-14)20-21(25-12-26-22(20)29-13)24-11-10-18-27-16-4-2-3-5-17(16)28-18/h2-9,12H,10-11H2,1H3,(H,27,28)(H,24,25,26). The van der Waals surface area contributed by atoms with Crippen molar-refractivity contribution in [3.63, 3.8) is 0 Å². The lowest BCUT2D eigenvalue weighted by atomic mass is 10.0. The van der Waals surface area contributed by atoms with E-state index in [-0.39, 0.29) is 0 Å². The minimum atomic E-state index is 0.723. The van der Waals surface area contributed by atoms with Crippen molar-refractivity contribution in [3.05, 3.63) is 70.6 Å². The van der Waals surface area contributed by atoms with Gasteiger partial charge in [-0.05, 0) is 36.8 Å². The molecule has 2 N–H and O–H groups in total. The van der Waals surface area contributed by atoms with E-state index in [1.165, 1.54) is 4.88 Å². The molecule has 3 aromatic heterocycles. The van der Waals surface area contributed by atoms with Gasteiger partial charge in [0.1, 0.15) is 22.8 Å². The van der Waals surface area contributed by atoms with Crippen LogP contribution in [0, 0.1) is 6.92 Å². The van der Waals surface area contributed by atoms with Gasteiger partial charge in [-0.1, -0.05) is 35.9 Å². The van der Waals surface area contributed by atoms with Crippen LogP contribution < -0.4 is 5.32 Å². The van der Waals surface area contributed by atoms with E-state index in [0.29, 0.717) is 0 Å². The molecule has 7 heteroatoms. The molecule has 29 heavy (non-hydrogen) atoms. The van der Waals surface area contributed by atoms with Crippen molar-refractivity contribution in [3.8, 4) is 11.1 Å². The number of nitrogens with one attached hydrogen (secondary N) is 2. The monoisotopic (exact) mass is 419 g/mol. The number of fused-ring (bicyclic) bond motifs is 2. The van der Waals surface area contributed by atoms with Crippen molar-refractivity contribution in [1.29, 1.82) is 0 Å². The average molecular weight is 420 g/mol. The second kappa shape index (κ2) is 7.46. The van der Waals surface area contributed by atoms with Crippen LogP contribution in [0.25, 0.3) is 32.4 Å². The van der Waals surface area contributed by atoms with E-state index in [9.17, 15) is 0 Å². The molecule has 0 fully saturated rings. The number of imidazole rings is 1. The molecule has 2 aromatic carbocycles. The maximum Gasteiger partial charge on any atom is 0.138 e. The van der Waals surface area contributed by atoms with Gasteiger partial charge in [-0.15, -0.1) is 11.3 Å². The summed E-state index contributed by atoms with van der Waals surface area (Å²) in [4.78, 5) is 19.2. The highest BCUT2D eigenvalue weighted by atomic mass is 35.5. The number of H-pyrrole nitrogens is 1. The lowest BCUT2D eigenvalue weighted by Crippen LogP contribution is -2.08. The Kier molecular flexibility index (Phi) is 4.66. The summed E-state index contributed by atoms with van der Waals surface area (Å²) in [6, 6.07) is 16.0. The van der Waals surface area contributed by atoms with E-state index in [1.54, 1.807) is 17.7 Å². The molecule has 144 valence electrons. The average Bonchev–Trinajstić information content (AvgIpc) is 3.29. The Morgan fingerprint density at radius 2 is 1.90 bits per heavy atom. The SMILES string of the molecule is Cc1sc2ncnc(NCCc3nc4ccccc4[nH]3)c2c1-c1ccc(Cl)cc1. The molecule has 0 saturated heterocycles. The summed E-state index contributed by atoms with van der Waals surface area (Å²) >= 11 is 7.76. The number of aromatic nitrogens is 4. The van der Waals surface area contributed by atoms with Crippen LogP contribution in [0.15, 0.2) is 54.9 Å². The van der Waals surface area contributed by atoms with E-state index in [4.69, 9.17) is 11.6 Å². The normalized spacial score (nSPS) is 11.4. The first-order valence-electron chi connectivity index (χ1n) is 9.36. The highest BCUT2D eigenvalue weighted by Crippen LogP contribution is 2.40. The van der Waals surface area contributed by atoms with Crippen LogP contribution in [-0.2, 0) is 6.42 Å². The van der Waals surface area contributed by atoms with Crippen molar-refractivity contribution in [2.45, 2.75) is 13.3 Å². The zero-order valence-corrected chi connectivity index (χ0v) is 17.3. The lowest BCUT2D eigenvalue weighted by Gasteiger charge is -2.08. The summed E-state index contributed by atoms with van der Waals surface area (Å²) in [5.41, 5.74) is 4.33. The van der Waals surface area contributed by atoms with Gasteiger partial charge in [0, 0.05) is 28.4 Å². The summed E-state index contributed by atoms with van der Waals surface area (Å²) in [6.07, 6.45) is 2.40. The molecule has 0 saturated carbocycles. The third kappa shape index (κ3) is 3.45. The zero-order valence-electron chi connectivity index (χ0n) is 15.7. The molecular weight excluding hydrogens is 402 g/mol. The third-order valence-electron chi connectivity index (χ3n) is 4.89. The third-order valence-corrected chi connectivity index (χ3v) is 6.16. The number of hydrogen-bond donors (Lipinski definition) is 2. The van der Waals surface area contributed by atoms with Gasteiger partial charge < -0.3 is 10.3 Å². The fourth-order valence-corrected chi connectivity index (χ4v) is 4.70. The van der Waals surface area contributed by atoms with Crippen LogP contribution in [0.5, 0.6) is 0 Å². The van der Waals surface area contributed by atoms with Crippen molar-refractivity contribution in [2.24, 2.45) is 0 Å².